The molecule has 7 heteroatoms. The summed E-state index contributed by atoms with van der Waals surface area (Å²) < 4.78 is 33.3. The van der Waals surface area contributed by atoms with Crippen LogP contribution >= 0.6 is 0 Å². The van der Waals surface area contributed by atoms with Crippen molar-refractivity contribution in [1.29, 1.82) is 0 Å². The first-order valence-corrected chi connectivity index (χ1v) is 7.48. The number of sulfone groups is 1. The Labute approximate surface area is 112 Å². The number of aromatic nitrogens is 1. The molecule has 0 bridgehead atoms. The molecule has 0 aliphatic rings. The molecule has 0 aliphatic carbocycles. The molecule has 0 amide bonds. The van der Waals surface area contributed by atoms with E-state index in [1.165, 1.54) is 21.1 Å². The van der Waals surface area contributed by atoms with Crippen molar-refractivity contribution in [2.45, 2.75) is 12.7 Å². The van der Waals surface area contributed by atoms with E-state index in [0.29, 0.717) is 11.6 Å². The lowest BCUT2D eigenvalue weighted by molar-refractivity contribution is -0.144. The first-order chi connectivity index (χ1) is 8.88. The smallest absolute Gasteiger partial charge is 0.309 e. The van der Waals surface area contributed by atoms with E-state index in [1.54, 1.807) is 18.2 Å². The summed E-state index contributed by atoms with van der Waals surface area (Å²) in [5, 5.41) is 0. The number of hydrogen-bond donors (Lipinski definition) is 0. The molecule has 0 aromatic carbocycles. The number of rotatable bonds is 6. The third kappa shape index (κ3) is 4.86. The van der Waals surface area contributed by atoms with Crippen LogP contribution in [-0.4, -0.2) is 39.3 Å². The summed E-state index contributed by atoms with van der Waals surface area (Å²) in [5.74, 6) is -1.37. The van der Waals surface area contributed by atoms with Crippen LogP contribution in [0.15, 0.2) is 18.2 Å². The Hall–Kier alpha value is -1.63. The van der Waals surface area contributed by atoms with Crippen molar-refractivity contribution >= 4 is 15.8 Å². The Balaban J connectivity index is 2.76. The van der Waals surface area contributed by atoms with Gasteiger partial charge in [0, 0.05) is 6.07 Å². The van der Waals surface area contributed by atoms with Crippen LogP contribution in [0.1, 0.15) is 12.6 Å². The number of hydrogen-bond acceptors (Lipinski definition) is 6. The summed E-state index contributed by atoms with van der Waals surface area (Å²) in [7, 11) is -0.743. The average Bonchev–Trinajstić information content (AvgIpc) is 2.36. The molecule has 1 rings (SSSR count). The Kier molecular flexibility index (Phi) is 5.29. The van der Waals surface area contributed by atoms with Crippen molar-refractivity contribution in [3.05, 3.63) is 23.9 Å². The largest absolute Gasteiger partial charge is 0.481 e. The maximum atomic E-state index is 11.9. The third-order valence-corrected chi connectivity index (χ3v) is 4.21. The second-order valence-corrected chi connectivity index (χ2v) is 6.26. The van der Waals surface area contributed by atoms with Crippen LogP contribution in [-0.2, 0) is 25.1 Å². The van der Waals surface area contributed by atoms with E-state index in [4.69, 9.17) is 4.74 Å². The average molecular weight is 287 g/mol. The molecule has 0 spiro atoms. The third-order valence-electron chi connectivity index (χ3n) is 2.47. The van der Waals surface area contributed by atoms with Gasteiger partial charge in [0.1, 0.15) is 0 Å². The number of carbonyl (C=O) groups is 1. The monoisotopic (exact) mass is 287 g/mol. The fourth-order valence-electron chi connectivity index (χ4n) is 1.59. The van der Waals surface area contributed by atoms with E-state index in [2.05, 4.69) is 9.72 Å². The molecule has 0 saturated heterocycles. The van der Waals surface area contributed by atoms with Gasteiger partial charge < -0.3 is 9.47 Å². The fraction of sp³-hybridized carbons (Fsp3) is 0.500. The standard InChI is InChI=1S/C12H17NO5S/c1-9(12(14)18-3)7-19(15,16)8-10-5-4-6-11(13-10)17-2/h4-6,9H,7-8H2,1-3H3. The zero-order valence-electron chi connectivity index (χ0n) is 11.1. The summed E-state index contributed by atoms with van der Waals surface area (Å²) in [6.07, 6.45) is 0. The minimum Gasteiger partial charge on any atom is -0.481 e. The summed E-state index contributed by atoms with van der Waals surface area (Å²) >= 11 is 0. The topological polar surface area (TPSA) is 82.6 Å². The van der Waals surface area contributed by atoms with E-state index in [-0.39, 0.29) is 11.5 Å². The first-order valence-electron chi connectivity index (χ1n) is 5.66. The van der Waals surface area contributed by atoms with Gasteiger partial charge in [0.25, 0.3) is 0 Å². The van der Waals surface area contributed by atoms with Gasteiger partial charge in [-0.3, -0.25) is 4.79 Å². The maximum Gasteiger partial charge on any atom is 0.309 e. The highest BCUT2D eigenvalue weighted by molar-refractivity contribution is 7.90. The van der Waals surface area contributed by atoms with Crippen LogP contribution in [0.5, 0.6) is 5.88 Å². The lowest BCUT2D eigenvalue weighted by Crippen LogP contribution is -2.23. The van der Waals surface area contributed by atoms with Crippen molar-refractivity contribution in [1.82, 2.24) is 4.98 Å². The van der Waals surface area contributed by atoms with Gasteiger partial charge in [0.15, 0.2) is 9.84 Å². The number of ether oxygens (including phenoxy) is 2. The highest BCUT2D eigenvalue weighted by atomic mass is 32.2. The zero-order valence-corrected chi connectivity index (χ0v) is 11.9. The number of carbonyl (C=O) groups excluding carboxylic acids is 1. The van der Waals surface area contributed by atoms with Gasteiger partial charge in [-0.2, -0.15) is 0 Å². The molecule has 6 nitrogen and oxygen atoms in total. The summed E-state index contributed by atoms with van der Waals surface area (Å²) in [4.78, 5) is 15.3. The quantitative estimate of drug-likeness (QED) is 0.720. The molecule has 106 valence electrons. The van der Waals surface area contributed by atoms with Gasteiger partial charge in [-0.25, -0.2) is 13.4 Å². The SMILES string of the molecule is COC(=O)C(C)CS(=O)(=O)Cc1cccc(OC)n1. The zero-order chi connectivity index (χ0) is 14.5. The molecule has 1 heterocycles. The number of methoxy groups -OCH3 is 2. The normalized spacial score (nSPS) is 12.8. The van der Waals surface area contributed by atoms with Gasteiger partial charge in [0.05, 0.1) is 37.3 Å². The molecule has 0 radical (unpaired) electrons. The van der Waals surface area contributed by atoms with Crippen LogP contribution in [0.25, 0.3) is 0 Å². The van der Waals surface area contributed by atoms with Crippen molar-refractivity contribution in [3.8, 4) is 5.88 Å². The van der Waals surface area contributed by atoms with Crippen LogP contribution < -0.4 is 4.74 Å². The van der Waals surface area contributed by atoms with Crippen LogP contribution in [0.4, 0.5) is 0 Å². The highest BCUT2D eigenvalue weighted by Gasteiger charge is 2.23. The highest BCUT2D eigenvalue weighted by Crippen LogP contribution is 2.12. The second-order valence-electron chi connectivity index (χ2n) is 4.15. The predicted molar refractivity (Wildman–Crippen MR) is 69.5 cm³/mol. The molecule has 0 saturated carbocycles. The summed E-state index contributed by atoms with van der Waals surface area (Å²) in [6, 6.07) is 4.90. The Morgan fingerprint density at radius 1 is 1.37 bits per heavy atom. The van der Waals surface area contributed by atoms with Gasteiger partial charge in [-0.05, 0) is 6.07 Å². The lowest BCUT2D eigenvalue weighted by atomic mass is 10.2. The Morgan fingerprint density at radius 2 is 2.05 bits per heavy atom. The Morgan fingerprint density at radius 3 is 2.63 bits per heavy atom. The molecular weight excluding hydrogens is 270 g/mol. The van der Waals surface area contributed by atoms with Crippen LogP contribution in [0.3, 0.4) is 0 Å². The lowest BCUT2D eigenvalue weighted by Gasteiger charge is -2.10. The first kappa shape index (κ1) is 15.4. The molecule has 1 unspecified atom stereocenters. The summed E-state index contributed by atoms with van der Waals surface area (Å²) in [6.45, 7) is 1.52. The van der Waals surface area contributed by atoms with Crippen molar-refractivity contribution in [2.75, 3.05) is 20.0 Å². The van der Waals surface area contributed by atoms with Gasteiger partial charge >= 0.3 is 5.97 Å². The van der Waals surface area contributed by atoms with E-state index in [9.17, 15) is 13.2 Å². The molecular formula is C12H17NO5S. The van der Waals surface area contributed by atoms with E-state index in [0.717, 1.165) is 0 Å². The molecule has 1 aromatic rings. The molecule has 0 aliphatic heterocycles. The van der Waals surface area contributed by atoms with Crippen molar-refractivity contribution < 1.29 is 22.7 Å². The van der Waals surface area contributed by atoms with E-state index >= 15 is 0 Å². The molecule has 1 atom stereocenters. The van der Waals surface area contributed by atoms with E-state index in [1.807, 2.05) is 0 Å². The minimum atomic E-state index is -3.43. The molecule has 0 fully saturated rings. The molecule has 0 N–H and O–H groups in total. The maximum absolute atomic E-state index is 11.9. The van der Waals surface area contributed by atoms with Crippen LogP contribution in [0, 0.1) is 5.92 Å². The second kappa shape index (κ2) is 6.51. The minimum absolute atomic E-state index is 0.231. The number of nitrogens with zero attached hydrogens (tertiary/aromatic N) is 1. The van der Waals surface area contributed by atoms with E-state index < -0.39 is 21.7 Å². The molecule has 19 heavy (non-hydrogen) atoms. The van der Waals surface area contributed by atoms with Gasteiger partial charge in [-0.15, -0.1) is 0 Å². The van der Waals surface area contributed by atoms with Crippen molar-refractivity contribution in [2.24, 2.45) is 5.92 Å². The Bertz CT molecular complexity index is 541. The molecule has 1 aromatic heterocycles. The van der Waals surface area contributed by atoms with Gasteiger partial charge in [-0.1, -0.05) is 13.0 Å². The predicted octanol–water partition coefficient (Wildman–Crippen LogP) is 0.814. The van der Waals surface area contributed by atoms with Gasteiger partial charge in [0.2, 0.25) is 5.88 Å². The fourth-order valence-corrected chi connectivity index (χ4v) is 3.21. The van der Waals surface area contributed by atoms with Crippen molar-refractivity contribution in [3.63, 3.8) is 0 Å². The van der Waals surface area contributed by atoms with Crippen LogP contribution in [0.2, 0.25) is 0 Å². The number of pyridine rings is 1. The number of esters is 1. The summed E-state index contributed by atoms with van der Waals surface area (Å²) in [5.41, 5.74) is 0.386.